The van der Waals surface area contributed by atoms with E-state index < -0.39 is 0 Å². The molecule has 0 saturated heterocycles. The van der Waals surface area contributed by atoms with Crippen LogP contribution in [-0.4, -0.2) is 16.1 Å². The Morgan fingerprint density at radius 2 is 2.06 bits per heavy atom. The van der Waals surface area contributed by atoms with Crippen LogP contribution >= 0.6 is 0 Å². The molecule has 1 aromatic heterocycles. The van der Waals surface area contributed by atoms with Crippen LogP contribution in [0.25, 0.3) is 0 Å². The van der Waals surface area contributed by atoms with Crippen molar-refractivity contribution in [1.82, 2.24) is 14.9 Å². The van der Waals surface area contributed by atoms with Gasteiger partial charge < -0.3 is 9.88 Å². The van der Waals surface area contributed by atoms with Gasteiger partial charge in [-0.2, -0.15) is 0 Å². The van der Waals surface area contributed by atoms with Crippen molar-refractivity contribution in [1.29, 1.82) is 0 Å². The Morgan fingerprint density at radius 3 is 2.72 bits per heavy atom. The van der Waals surface area contributed by atoms with Gasteiger partial charge in [0.05, 0.1) is 0 Å². The van der Waals surface area contributed by atoms with Gasteiger partial charge in [0.25, 0.3) is 0 Å². The minimum absolute atomic E-state index is 0.922. The Labute approximate surface area is 109 Å². The first-order valence-electron chi connectivity index (χ1n) is 6.40. The highest BCUT2D eigenvalue weighted by atomic mass is 15.0. The summed E-state index contributed by atoms with van der Waals surface area (Å²) < 4.78 is 2.07. The molecular formula is C15H21N3. The number of imidazole rings is 1. The van der Waals surface area contributed by atoms with Crippen molar-refractivity contribution in [2.45, 2.75) is 26.8 Å². The van der Waals surface area contributed by atoms with E-state index >= 15 is 0 Å². The fraction of sp³-hybridized carbons (Fsp3) is 0.400. The molecule has 0 atom stereocenters. The van der Waals surface area contributed by atoms with Gasteiger partial charge in [0, 0.05) is 39.0 Å². The van der Waals surface area contributed by atoms with Crippen LogP contribution < -0.4 is 5.32 Å². The zero-order chi connectivity index (χ0) is 13.0. The van der Waals surface area contributed by atoms with Crippen LogP contribution in [0.2, 0.25) is 0 Å². The van der Waals surface area contributed by atoms with Crippen molar-refractivity contribution in [3.05, 3.63) is 53.1 Å². The number of aryl methyl sites for hydroxylation is 3. The van der Waals surface area contributed by atoms with E-state index in [0.717, 1.165) is 25.3 Å². The quantitative estimate of drug-likeness (QED) is 0.817. The van der Waals surface area contributed by atoms with E-state index in [0.29, 0.717) is 0 Å². The number of nitrogens with one attached hydrogen (secondary N) is 1. The second kappa shape index (κ2) is 5.83. The van der Waals surface area contributed by atoms with E-state index in [2.05, 4.69) is 46.9 Å². The Hall–Kier alpha value is -1.61. The minimum Gasteiger partial charge on any atom is -0.338 e. The van der Waals surface area contributed by atoms with Crippen molar-refractivity contribution in [2.24, 2.45) is 7.05 Å². The Morgan fingerprint density at radius 1 is 1.22 bits per heavy atom. The predicted octanol–water partition coefficient (Wildman–Crippen LogP) is 2.37. The van der Waals surface area contributed by atoms with Gasteiger partial charge in [0.15, 0.2) is 0 Å². The molecule has 0 unspecified atom stereocenters. The lowest BCUT2D eigenvalue weighted by Crippen LogP contribution is -2.18. The van der Waals surface area contributed by atoms with Gasteiger partial charge in [-0.25, -0.2) is 4.98 Å². The van der Waals surface area contributed by atoms with Gasteiger partial charge in [-0.3, -0.25) is 0 Å². The summed E-state index contributed by atoms with van der Waals surface area (Å²) in [6, 6.07) is 6.63. The SMILES string of the molecule is Cc1ccc(CNCCc2nccn2C)cc1C. The number of hydrogen-bond donors (Lipinski definition) is 1. The first-order valence-corrected chi connectivity index (χ1v) is 6.40. The van der Waals surface area contributed by atoms with Crippen molar-refractivity contribution in [3.8, 4) is 0 Å². The van der Waals surface area contributed by atoms with Crippen molar-refractivity contribution in [2.75, 3.05) is 6.54 Å². The van der Waals surface area contributed by atoms with E-state index in [4.69, 9.17) is 0 Å². The number of benzene rings is 1. The molecule has 1 aromatic carbocycles. The molecule has 2 rings (SSSR count). The molecule has 0 radical (unpaired) electrons. The van der Waals surface area contributed by atoms with Gasteiger partial charge in [-0.1, -0.05) is 18.2 Å². The van der Waals surface area contributed by atoms with E-state index in [1.807, 2.05) is 19.4 Å². The van der Waals surface area contributed by atoms with Gasteiger partial charge >= 0.3 is 0 Å². The van der Waals surface area contributed by atoms with Gasteiger partial charge in [-0.15, -0.1) is 0 Å². The topological polar surface area (TPSA) is 29.9 Å². The molecule has 3 heteroatoms. The molecule has 1 N–H and O–H groups in total. The maximum Gasteiger partial charge on any atom is 0.109 e. The molecule has 0 spiro atoms. The molecule has 0 aliphatic carbocycles. The van der Waals surface area contributed by atoms with Gasteiger partial charge in [-0.05, 0) is 30.5 Å². The molecule has 96 valence electrons. The fourth-order valence-electron chi connectivity index (χ4n) is 1.98. The zero-order valence-electron chi connectivity index (χ0n) is 11.4. The molecular weight excluding hydrogens is 222 g/mol. The van der Waals surface area contributed by atoms with E-state index in [-0.39, 0.29) is 0 Å². The van der Waals surface area contributed by atoms with E-state index in [1.165, 1.54) is 16.7 Å². The Balaban J connectivity index is 1.78. The zero-order valence-corrected chi connectivity index (χ0v) is 11.4. The first-order chi connectivity index (χ1) is 8.66. The summed E-state index contributed by atoms with van der Waals surface area (Å²) in [5.74, 6) is 1.13. The monoisotopic (exact) mass is 243 g/mol. The number of hydrogen-bond acceptors (Lipinski definition) is 2. The maximum atomic E-state index is 4.31. The third-order valence-electron chi connectivity index (χ3n) is 3.35. The molecule has 2 aromatic rings. The lowest BCUT2D eigenvalue weighted by Gasteiger charge is -2.07. The van der Waals surface area contributed by atoms with Crippen LogP contribution in [0.1, 0.15) is 22.5 Å². The summed E-state index contributed by atoms with van der Waals surface area (Å²) in [6.07, 6.45) is 4.80. The smallest absolute Gasteiger partial charge is 0.109 e. The lowest BCUT2D eigenvalue weighted by atomic mass is 10.1. The number of rotatable bonds is 5. The highest BCUT2D eigenvalue weighted by molar-refractivity contribution is 5.29. The van der Waals surface area contributed by atoms with Crippen LogP contribution in [0.15, 0.2) is 30.6 Å². The summed E-state index contributed by atoms with van der Waals surface area (Å²) in [5.41, 5.74) is 4.06. The Kier molecular flexibility index (Phi) is 4.15. The molecule has 0 amide bonds. The summed E-state index contributed by atoms with van der Waals surface area (Å²) in [6.45, 7) is 6.18. The second-order valence-electron chi connectivity index (χ2n) is 4.80. The summed E-state index contributed by atoms with van der Waals surface area (Å²) in [5, 5.41) is 3.46. The van der Waals surface area contributed by atoms with Crippen LogP contribution in [0.4, 0.5) is 0 Å². The highest BCUT2D eigenvalue weighted by Crippen LogP contribution is 2.09. The third-order valence-corrected chi connectivity index (χ3v) is 3.35. The normalized spacial score (nSPS) is 10.8. The molecule has 0 fully saturated rings. The molecule has 1 heterocycles. The van der Waals surface area contributed by atoms with E-state index in [1.54, 1.807) is 0 Å². The molecule has 3 nitrogen and oxygen atoms in total. The highest BCUT2D eigenvalue weighted by Gasteiger charge is 1.99. The van der Waals surface area contributed by atoms with Crippen molar-refractivity contribution < 1.29 is 0 Å². The molecule has 0 aliphatic heterocycles. The van der Waals surface area contributed by atoms with Crippen LogP contribution in [0.3, 0.4) is 0 Å². The van der Waals surface area contributed by atoms with Gasteiger partial charge in [0.1, 0.15) is 5.82 Å². The Bertz CT molecular complexity index is 514. The van der Waals surface area contributed by atoms with Gasteiger partial charge in [0.2, 0.25) is 0 Å². The lowest BCUT2D eigenvalue weighted by molar-refractivity contribution is 0.654. The maximum absolute atomic E-state index is 4.31. The average Bonchev–Trinajstić information content (AvgIpc) is 2.75. The summed E-state index contributed by atoms with van der Waals surface area (Å²) in [7, 11) is 2.03. The second-order valence-corrected chi connectivity index (χ2v) is 4.80. The molecule has 0 saturated carbocycles. The number of nitrogens with zero attached hydrogens (tertiary/aromatic N) is 2. The first kappa shape index (κ1) is 12.8. The fourth-order valence-corrected chi connectivity index (χ4v) is 1.98. The van der Waals surface area contributed by atoms with Crippen LogP contribution in [0.5, 0.6) is 0 Å². The molecule has 0 aliphatic rings. The standard InChI is InChI=1S/C15H21N3/c1-12-4-5-14(10-13(12)2)11-16-7-6-15-17-8-9-18(15)3/h4-5,8-10,16H,6-7,11H2,1-3H3. The minimum atomic E-state index is 0.922. The summed E-state index contributed by atoms with van der Waals surface area (Å²) in [4.78, 5) is 4.31. The number of aromatic nitrogens is 2. The predicted molar refractivity (Wildman–Crippen MR) is 74.5 cm³/mol. The van der Waals surface area contributed by atoms with Crippen molar-refractivity contribution >= 4 is 0 Å². The molecule has 0 bridgehead atoms. The van der Waals surface area contributed by atoms with E-state index in [9.17, 15) is 0 Å². The van der Waals surface area contributed by atoms with Crippen LogP contribution in [-0.2, 0) is 20.0 Å². The largest absolute Gasteiger partial charge is 0.338 e. The third kappa shape index (κ3) is 3.20. The van der Waals surface area contributed by atoms with Crippen LogP contribution in [0, 0.1) is 13.8 Å². The summed E-state index contributed by atoms with van der Waals surface area (Å²) >= 11 is 0. The van der Waals surface area contributed by atoms with Crippen molar-refractivity contribution in [3.63, 3.8) is 0 Å². The molecule has 18 heavy (non-hydrogen) atoms. The average molecular weight is 243 g/mol.